The van der Waals surface area contributed by atoms with Crippen LogP contribution in [0.3, 0.4) is 0 Å². The van der Waals surface area contributed by atoms with Gasteiger partial charge in [0.2, 0.25) is 0 Å². The molecule has 0 fully saturated rings. The molecule has 0 atom stereocenters. The minimum Gasteiger partial charge on any atom is -0.495 e. The second-order valence-electron chi connectivity index (χ2n) is 7.05. The smallest absolute Gasteiger partial charge is 0.269 e. The van der Waals surface area contributed by atoms with E-state index in [-0.39, 0.29) is 5.91 Å². The molecule has 0 saturated heterocycles. The maximum absolute atomic E-state index is 12.5. The van der Waals surface area contributed by atoms with Gasteiger partial charge >= 0.3 is 0 Å². The molecule has 160 valence electrons. The van der Waals surface area contributed by atoms with E-state index >= 15 is 0 Å². The fourth-order valence-corrected chi connectivity index (χ4v) is 3.18. The van der Waals surface area contributed by atoms with E-state index in [1.807, 2.05) is 91.0 Å². The fraction of sp³-hybridized carbons (Fsp3) is 0.0385. The van der Waals surface area contributed by atoms with Crippen molar-refractivity contribution in [3.63, 3.8) is 0 Å². The highest BCUT2D eigenvalue weighted by Gasteiger charge is 2.07. The van der Waals surface area contributed by atoms with Crippen LogP contribution >= 0.6 is 0 Å². The summed E-state index contributed by atoms with van der Waals surface area (Å²) in [5, 5.41) is 6.75. The molecule has 4 N–H and O–H groups in total. The summed E-state index contributed by atoms with van der Waals surface area (Å²) in [5.74, 6) is 0.410. The summed E-state index contributed by atoms with van der Waals surface area (Å²) in [6.07, 6.45) is 0. The second-order valence-corrected chi connectivity index (χ2v) is 7.05. The number of nitrogens with one attached hydrogen (secondary N) is 4. The summed E-state index contributed by atoms with van der Waals surface area (Å²) in [6.45, 7) is 0. The molecule has 0 aromatic heterocycles. The van der Waals surface area contributed by atoms with Gasteiger partial charge in [-0.25, -0.2) is 0 Å². The predicted octanol–water partition coefficient (Wildman–Crippen LogP) is 5.94. The molecule has 32 heavy (non-hydrogen) atoms. The minimum atomic E-state index is -0.239. The number of hydrogen-bond donors (Lipinski definition) is 4. The summed E-state index contributed by atoms with van der Waals surface area (Å²) < 4.78 is 5.27. The molecule has 0 saturated carbocycles. The van der Waals surface area contributed by atoms with Crippen molar-refractivity contribution in [2.75, 3.05) is 23.2 Å². The first kappa shape index (κ1) is 20.8. The van der Waals surface area contributed by atoms with Gasteiger partial charge in [0.15, 0.2) is 0 Å². The van der Waals surface area contributed by atoms with Crippen LogP contribution in [0.2, 0.25) is 0 Å². The van der Waals surface area contributed by atoms with E-state index in [1.54, 1.807) is 19.2 Å². The van der Waals surface area contributed by atoms with E-state index in [4.69, 9.17) is 4.74 Å². The number of carbonyl (C=O) groups is 1. The largest absolute Gasteiger partial charge is 0.495 e. The number of para-hydroxylation sites is 3. The lowest BCUT2D eigenvalue weighted by Gasteiger charge is -2.13. The highest BCUT2D eigenvalue weighted by molar-refractivity contribution is 5.95. The number of hydrogen-bond acceptors (Lipinski definition) is 5. The Morgan fingerprint density at radius 3 is 1.94 bits per heavy atom. The van der Waals surface area contributed by atoms with Gasteiger partial charge in [-0.15, -0.1) is 0 Å². The molecule has 0 radical (unpaired) electrons. The van der Waals surface area contributed by atoms with Crippen LogP contribution in [0.1, 0.15) is 10.4 Å². The van der Waals surface area contributed by atoms with Crippen LogP contribution < -0.4 is 26.2 Å². The van der Waals surface area contributed by atoms with Gasteiger partial charge in [0.25, 0.3) is 5.91 Å². The average Bonchev–Trinajstić information content (AvgIpc) is 2.84. The number of benzene rings is 4. The molecule has 6 heteroatoms. The lowest BCUT2D eigenvalue weighted by Crippen LogP contribution is -2.29. The predicted molar refractivity (Wildman–Crippen MR) is 130 cm³/mol. The van der Waals surface area contributed by atoms with Crippen molar-refractivity contribution in [3.05, 3.63) is 109 Å². The number of carbonyl (C=O) groups excluding carboxylic acids is 1. The number of rotatable bonds is 8. The first-order valence-electron chi connectivity index (χ1n) is 10.2. The van der Waals surface area contributed by atoms with Gasteiger partial charge in [0.05, 0.1) is 12.8 Å². The Labute approximate surface area is 187 Å². The zero-order chi connectivity index (χ0) is 22.2. The number of methoxy groups -OCH3 is 1. The minimum absolute atomic E-state index is 0.239. The summed E-state index contributed by atoms with van der Waals surface area (Å²) in [6, 6.07) is 32.7. The van der Waals surface area contributed by atoms with Crippen molar-refractivity contribution in [2.24, 2.45) is 0 Å². The van der Waals surface area contributed by atoms with Crippen LogP contribution in [0.4, 0.5) is 28.4 Å². The number of amides is 1. The van der Waals surface area contributed by atoms with E-state index in [2.05, 4.69) is 21.5 Å². The SMILES string of the molecule is COc1ccccc1NNC(=O)c1ccc(Nc2cccc(Nc3ccccc3)c2)cc1. The topological polar surface area (TPSA) is 74.4 Å². The number of hydrazine groups is 1. The lowest BCUT2D eigenvalue weighted by atomic mass is 10.2. The third-order valence-electron chi connectivity index (χ3n) is 4.78. The van der Waals surface area contributed by atoms with Crippen molar-refractivity contribution in [3.8, 4) is 5.75 Å². The third-order valence-corrected chi connectivity index (χ3v) is 4.78. The molecule has 6 nitrogen and oxygen atoms in total. The molecular formula is C26H24N4O2. The number of anilines is 5. The van der Waals surface area contributed by atoms with Crippen LogP contribution in [0.25, 0.3) is 0 Å². The quantitative estimate of drug-likeness (QED) is 0.264. The fourth-order valence-electron chi connectivity index (χ4n) is 3.18. The maximum Gasteiger partial charge on any atom is 0.269 e. The molecule has 4 aromatic rings. The standard InChI is InChI=1S/C26H24N4O2/c1-32-25-13-6-5-12-24(25)29-30-26(31)19-14-16-21(17-15-19)28-23-11-7-10-22(18-23)27-20-8-3-2-4-9-20/h2-18,27-29H,1H3,(H,30,31). The Morgan fingerprint density at radius 1 is 0.656 bits per heavy atom. The van der Waals surface area contributed by atoms with Gasteiger partial charge in [0, 0.05) is 28.3 Å². The van der Waals surface area contributed by atoms with Crippen molar-refractivity contribution in [2.45, 2.75) is 0 Å². The molecule has 0 aliphatic carbocycles. The van der Waals surface area contributed by atoms with Crippen LogP contribution in [0, 0.1) is 0 Å². The molecular weight excluding hydrogens is 400 g/mol. The van der Waals surface area contributed by atoms with E-state index in [0.717, 1.165) is 22.7 Å². The Balaban J connectivity index is 1.36. The van der Waals surface area contributed by atoms with E-state index < -0.39 is 0 Å². The lowest BCUT2D eigenvalue weighted by molar-refractivity contribution is 0.0962. The molecule has 0 unspecified atom stereocenters. The molecule has 4 aromatic carbocycles. The Bertz CT molecular complexity index is 1180. The van der Waals surface area contributed by atoms with Crippen LogP contribution in [0.5, 0.6) is 5.75 Å². The summed E-state index contributed by atoms with van der Waals surface area (Å²) >= 11 is 0. The van der Waals surface area contributed by atoms with Gasteiger partial charge in [-0.05, 0) is 66.7 Å². The first-order valence-corrected chi connectivity index (χ1v) is 10.2. The van der Waals surface area contributed by atoms with E-state index in [0.29, 0.717) is 17.0 Å². The molecule has 0 heterocycles. The maximum atomic E-state index is 12.5. The van der Waals surface area contributed by atoms with Crippen molar-refractivity contribution in [1.82, 2.24) is 5.43 Å². The highest BCUT2D eigenvalue weighted by atomic mass is 16.5. The third kappa shape index (κ3) is 5.37. The molecule has 0 aliphatic heterocycles. The zero-order valence-corrected chi connectivity index (χ0v) is 17.6. The Kier molecular flexibility index (Phi) is 6.53. The van der Waals surface area contributed by atoms with Crippen molar-refractivity contribution >= 4 is 34.3 Å². The molecule has 4 rings (SSSR count). The van der Waals surface area contributed by atoms with Crippen LogP contribution in [-0.2, 0) is 0 Å². The second kappa shape index (κ2) is 10.0. The average molecular weight is 425 g/mol. The summed E-state index contributed by atoms with van der Waals surface area (Å²) in [4.78, 5) is 12.5. The van der Waals surface area contributed by atoms with Gasteiger partial charge in [-0.2, -0.15) is 0 Å². The number of ether oxygens (including phenoxy) is 1. The van der Waals surface area contributed by atoms with E-state index in [9.17, 15) is 4.79 Å². The first-order chi connectivity index (χ1) is 15.7. The highest BCUT2D eigenvalue weighted by Crippen LogP contribution is 2.24. The van der Waals surface area contributed by atoms with Gasteiger partial charge in [-0.1, -0.05) is 36.4 Å². The normalized spacial score (nSPS) is 10.2. The van der Waals surface area contributed by atoms with Gasteiger partial charge < -0.3 is 15.4 Å². The van der Waals surface area contributed by atoms with Crippen molar-refractivity contribution in [1.29, 1.82) is 0 Å². The molecule has 0 bridgehead atoms. The Morgan fingerprint density at radius 2 is 1.25 bits per heavy atom. The van der Waals surface area contributed by atoms with Gasteiger partial charge in [0.1, 0.15) is 5.75 Å². The Hall–Kier alpha value is -4.45. The zero-order valence-electron chi connectivity index (χ0n) is 17.6. The summed E-state index contributed by atoms with van der Waals surface area (Å²) in [5.41, 5.74) is 10.7. The summed E-state index contributed by atoms with van der Waals surface area (Å²) in [7, 11) is 1.58. The molecule has 0 aliphatic rings. The van der Waals surface area contributed by atoms with Gasteiger partial charge in [-0.3, -0.25) is 15.6 Å². The van der Waals surface area contributed by atoms with Crippen LogP contribution in [-0.4, -0.2) is 13.0 Å². The van der Waals surface area contributed by atoms with E-state index in [1.165, 1.54) is 0 Å². The molecule has 0 spiro atoms. The monoisotopic (exact) mass is 424 g/mol. The molecule has 1 amide bonds. The van der Waals surface area contributed by atoms with Crippen LogP contribution in [0.15, 0.2) is 103 Å². The van der Waals surface area contributed by atoms with Crippen molar-refractivity contribution < 1.29 is 9.53 Å².